The smallest absolute Gasteiger partial charge is 0.308 e. The third-order valence-corrected chi connectivity index (χ3v) is 4.47. The highest BCUT2D eigenvalue weighted by molar-refractivity contribution is 5.76. The van der Waals surface area contributed by atoms with Crippen LogP contribution in [0.1, 0.15) is 17.8 Å². The van der Waals surface area contributed by atoms with Crippen LogP contribution in [0.15, 0.2) is 58.1 Å². The number of benzene rings is 1. The summed E-state index contributed by atoms with van der Waals surface area (Å²) in [6.45, 7) is 1.73. The zero-order valence-corrected chi connectivity index (χ0v) is 15.6. The van der Waals surface area contributed by atoms with Crippen molar-refractivity contribution in [1.29, 1.82) is 0 Å². The number of aryl methyl sites for hydroxylation is 2. The first-order valence-corrected chi connectivity index (χ1v) is 8.99. The second-order valence-corrected chi connectivity index (χ2v) is 6.49. The Hall–Kier alpha value is -3.88. The summed E-state index contributed by atoms with van der Waals surface area (Å²) in [5.41, 5.74) is 1.56. The van der Waals surface area contributed by atoms with E-state index in [9.17, 15) is 14.4 Å². The lowest BCUT2D eigenvalue weighted by molar-refractivity contribution is -0.145. The highest BCUT2D eigenvalue weighted by Crippen LogP contribution is 2.06. The lowest BCUT2D eigenvalue weighted by Gasteiger charge is -2.08. The summed E-state index contributed by atoms with van der Waals surface area (Å²) in [6, 6.07) is 13.5. The summed E-state index contributed by atoms with van der Waals surface area (Å²) in [6.07, 6.45) is -0.0569. The molecule has 0 radical (unpaired) electrons. The Morgan fingerprint density at radius 3 is 2.79 bits per heavy atom. The van der Waals surface area contributed by atoms with Gasteiger partial charge in [-0.1, -0.05) is 23.4 Å². The predicted molar refractivity (Wildman–Crippen MR) is 104 cm³/mol. The molecule has 0 saturated heterocycles. The average molecular weight is 391 g/mol. The summed E-state index contributed by atoms with van der Waals surface area (Å²) in [4.78, 5) is 41.0. The molecule has 146 valence electrons. The normalized spacial score (nSPS) is 11.1. The van der Waals surface area contributed by atoms with Gasteiger partial charge in [0.2, 0.25) is 0 Å². The molecule has 9 nitrogen and oxygen atoms in total. The Bertz CT molecular complexity index is 1340. The van der Waals surface area contributed by atoms with Gasteiger partial charge < -0.3 is 4.74 Å². The minimum atomic E-state index is -0.530. The Kier molecular flexibility index (Phi) is 4.86. The van der Waals surface area contributed by atoms with Crippen molar-refractivity contribution in [2.24, 2.45) is 0 Å². The van der Waals surface area contributed by atoms with Gasteiger partial charge in [0.15, 0.2) is 0 Å². The molecule has 0 saturated carbocycles. The first-order valence-electron chi connectivity index (χ1n) is 8.99. The molecular weight excluding hydrogens is 374 g/mol. The number of aromatic nitrogens is 5. The van der Waals surface area contributed by atoms with Crippen LogP contribution in [0, 0.1) is 6.92 Å². The summed E-state index contributed by atoms with van der Waals surface area (Å²) < 4.78 is 7.81. The topological polar surface area (TPSA) is 108 Å². The van der Waals surface area contributed by atoms with Crippen molar-refractivity contribution in [2.45, 2.75) is 26.5 Å². The van der Waals surface area contributed by atoms with E-state index in [2.05, 4.69) is 15.3 Å². The number of rotatable bonds is 5. The van der Waals surface area contributed by atoms with Crippen molar-refractivity contribution in [3.8, 4) is 0 Å². The van der Waals surface area contributed by atoms with Crippen LogP contribution in [-0.2, 0) is 22.7 Å². The van der Waals surface area contributed by atoms with E-state index in [0.717, 1.165) is 10.4 Å². The highest BCUT2D eigenvalue weighted by atomic mass is 16.5. The summed E-state index contributed by atoms with van der Waals surface area (Å²) >= 11 is 0. The van der Waals surface area contributed by atoms with Crippen molar-refractivity contribution >= 4 is 22.5 Å². The lowest BCUT2D eigenvalue weighted by Crippen LogP contribution is -2.25. The van der Waals surface area contributed by atoms with Crippen molar-refractivity contribution in [2.75, 3.05) is 0 Å². The summed E-state index contributed by atoms with van der Waals surface area (Å²) in [5.74, 6) is -0.530. The van der Waals surface area contributed by atoms with Gasteiger partial charge in [-0.3, -0.25) is 18.8 Å². The Labute approximate surface area is 164 Å². The molecule has 0 atom stereocenters. The third-order valence-electron chi connectivity index (χ3n) is 4.47. The van der Waals surface area contributed by atoms with Gasteiger partial charge in [0, 0.05) is 11.8 Å². The first kappa shape index (κ1) is 18.5. The molecule has 0 fully saturated rings. The van der Waals surface area contributed by atoms with Crippen LogP contribution < -0.4 is 11.1 Å². The number of carbonyl (C=O) groups is 1. The highest BCUT2D eigenvalue weighted by Gasteiger charge is 2.10. The maximum atomic E-state index is 12.4. The minimum absolute atomic E-state index is 0.0441. The molecule has 0 aliphatic rings. The molecule has 1 aromatic carbocycles. The number of hydrogen-bond acceptors (Lipinski definition) is 7. The minimum Gasteiger partial charge on any atom is -0.459 e. The molecule has 0 aliphatic heterocycles. The SMILES string of the molecule is Cc1cccc2nc(COC(=O)CCn3nnc4ccccc4c3=O)cc(=O)n12. The number of fused-ring (bicyclic) bond motifs is 2. The molecule has 0 amide bonds. The Balaban J connectivity index is 1.42. The number of hydrogen-bond donors (Lipinski definition) is 0. The molecule has 29 heavy (non-hydrogen) atoms. The maximum absolute atomic E-state index is 12.4. The first-order chi connectivity index (χ1) is 14.0. The number of esters is 1. The fourth-order valence-corrected chi connectivity index (χ4v) is 3.03. The predicted octanol–water partition coefficient (Wildman–Crippen LogP) is 1.24. The van der Waals surface area contributed by atoms with Gasteiger partial charge in [0.25, 0.3) is 11.1 Å². The van der Waals surface area contributed by atoms with Gasteiger partial charge in [-0.25, -0.2) is 9.67 Å². The zero-order chi connectivity index (χ0) is 20.4. The molecule has 0 aliphatic carbocycles. The zero-order valence-electron chi connectivity index (χ0n) is 15.6. The van der Waals surface area contributed by atoms with E-state index in [4.69, 9.17) is 4.74 Å². The van der Waals surface area contributed by atoms with Gasteiger partial charge in [-0.05, 0) is 31.2 Å². The molecule has 3 heterocycles. The molecular formula is C20H17N5O4. The molecule has 9 heteroatoms. The van der Waals surface area contributed by atoms with Gasteiger partial charge in [-0.2, -0.15) is 0 Å². The monoisotopic (exact) mass is 391 g/mol. The van der Waals surface area contributed by atoms with Crippen molar-refractivity contribution in [1.82, 2.24) is 24.4 Å². The van der Waals surface area contributed by atoms with Crippen LogP contribution in [-0.4, -0.2) is 30.3 Å². The molecule has 4 aromatic rings. The average Bonchev–Trinajstić information content (AvgIpc) is 2.72. The molecule has 0 unspecified atom stereocenters. The summed E-state index contributed by atoms with van der Waals surface area (Å²) in [5, 5.41) is 8.25. The lowest BCUT2D eigenvalue weighted by atomic mass is 10.2. The van der Waals surface area contributed by atoms with E-state index in [1.54, 1.807) is 36.4 Å². The van der Waals surface area contributed by atoms with Gasteiger partial charge in [0.05, 0.1) is 24.0 Å². The van der Waals surface area contributed by atoms with Crippen LogP contribution in [0.3, 0.4) is 0 Å². The number of carbonyl (C=O) groups excluding carboxylic acids is 1. The molecule has 0 N–H and O–H groups in total. The Morgan fingerprint density at radius 2 is 1.93 bits per heavy atom. The largest absolute Gasteiger partial charge is 0.459 e. The van der Waals surface area contributed by atoms with E-state index >= 15 is 0 Å². The van der Waals surface area contributed by atoms with E-state index in [0.29, 0.717) is 22.2 Å². The van der Waals surface area contributed by atoms with E-state index < -0.39 is 5.97 Å². The molecule has 4 rings (SSSR count). The fraction of sp³-hybridized carbons (Fsp3) is 0.200. The second-order valence-electron chi connectivity index (χ2n) is 6.49. The standard InChI is InChI=1S/C20H17N5O4/c1-13-5-4-8-17-21-14(11-18(26)25(13)17)12-29-19(27)9-10-24-20(28)15-6-2-3-7-16(15)22-23-24/h2-8,11H,9-10,12H2,1H3. The Morgan fingerprint density at radius 1 is 1.10 bits per heavy atom. The quantitative estimate of drug-likeness (QED) is 0.471. The van der Waals surface area contributed by atoms with Crippen LogP contribution >= 0.6 is 0 Å². The van der Waals surface area contributed by atoms with Crippen LogP contribution in [0.4, 0.5) is 0 Å². The molecule has 0 spiro atoms. The van der Waals surface area contributed by atoms with Crippen LogP contribution in [0.5, 0.6) is 0 Å². The number of ether oxygens (including phenoxy) is 1. The van der Waals surface area contributed by atoms with Crippen molar-refractivity contribution in [3.63, 3.8) is 0 Å². The van der Waals surface area contributed by atoms with E-state index in [1.807, 2.05) is 13.0 Å². The van der Waals surface area contributed by atoms with Gasteiger partial charge >= 0.3 is 5.97 Å². The number of pyridine rings is 1. The number of nitrogens with zero attached hydrogens (tertiary/aromatic N) is 5. The fourth-order valence-electron chi connectivity index (χ4n) is 3.03. The van der Waals surface area contributed by atoms with Crippen LogP contribution in [0.25, 0.3) is 16.6 Å². The third kappa shape index (κ3) is 3.75. The maximum Gasteiger partial charge on any atom is 0.308 e. The van der Waals surface area contributed by atoms with Crippen molar-refractivity contribution < 1.29 is 9.53 Å². The van der Waals surface area contributed by atoms with Crippen molar-refractivity contribution in [3.05, 3.63) is 80.6 Å². The van der Waals surface area contributed by atoms with Gasteiger partial charge in [-0.15, -0.1) is 5.10 Å². The van der Waals surface area contributed by atoms with E-state index in [1.165, 1.54) is 10.5 Å². The summed E-state index contributed by atoms with van der Waals surface area (Å²) in [7, 11) is 0. The van der Waals surface area contributed by atoms with Crippen LogP contribution in [0.2, 0.25) is 0 Å². The second kappa shape index (κ2) is 7.63. The molecule has 3 aromatic heterocycles. The molecule has 0 bridgehead atoms. The van der Waals surface area contributed by atoms with Gasteiger partial charge in [0.1, 0.15) is 17.8 Å². The van der Waals surface area contributed by atoms with E-state index in [-0.39, 0.29) is 30.7 Å².